The summed E-state index contributed by atoms with van der Waals surface area (Å²) in [6.45, 7) is 1.82. The van der Waals surface area contributed by atoms with Crippen LogP contribution in [0.25, 0.3) is 22.0 Å². The predicted molar refractivity (Wildman–Crippen MR) is 112 cm³/mol. The molecule has 1 heterocycles. The van der Waals surface area contributed by atoms with Crippen LogP contribution in [0.15, 0.2) is 77.9 Å². The van der Waals surface area contributed by atoms with Gasteiger partial charge in [0.15, 0.2) is 0 Å². The van der Waals surface area contributed by atoms with Crippen LogP contribution in [0, 0.1) is 0 Å². The summed E-state index contributed by atoms with van der Waals surface area (Å²) in [5, 5.41) is 13.5. The molecule has 0 fully saturated rings. The summed E-state index contributed by atoms with van der Waals surface area (Å²) in [7, 11) is 0. The van der Waals surface area contributed by atoms with Crippen molar-refractivity contribution in [3.63, 3.8) is 0 Å². The number of nitrogens with two attached hydrogens (primary N) is 1. The Balaban J connectivity index is 1.50. The zero-order valence-electron chi connectivity index (χ0n) is 15.3. The lowest BCUT2D eigenvalue weighted by Crippen LogP contribution is -2.19. The fourth-order valence-corrected chi connectivity index (χ4v) is 2.92. The van der Waals surface area contributed by atoms with Crippen LogP contribution >= 0.6 is 0 Å². The van der Waals surface area contributed by atoms with Crippen molar-refractivity contribution in [2.75, 3.05) is 5.73 Å². The van der Waals surface area contributed by atoms with Gasteiger partial charge in [-0.3, -0.25) is 9.89 Å². The third kappa shape index (κ3) is 3.61. The normalized spacial score (nSPS) is 11.5. The highest BCUT2D eigenvalue weighted by Crippen LogP contribution is 2.23. The number of hydrazone groups is 1. The molecule has 0 aliphatic rings. The number of hydrogen-bond donors (Lipinski definition) is 3. The van der Waals surface area contributed by atoms with E-state index in [1.165, 1.54) is 0 Å². The lowest BCUT2D eigenvalue weighted by molar-refractivity contribution is 0.0950. The number of amides is 1. The van der Waals surface area contributed by atoms with Gasteiger partial charge in [0, 0.05) is 11.3 Å². The molecule has 6 heteroatoms. The average molecular weight is 369 g/mol. The third-order valence-corrected chi connectivity index (χ3v) is 4.52. The smallest absolute Gasteiger partial charge is 0.289 e. The van der Waals surface area contributed by atoms with Crippen molar-refractivity contribution in [2.45, 2.75) is 6.92 Å². The molecular weight excluding hydrogens is 350 g/mol. The molecule has 28 heavy (non-hydrogen) atoms. The van der Waals surface area contributed by atoms with Crippen LogP contribution in [0.3, 0.4) is 0 Å². The van der Waals surface area contributed by atoms with E-state index in [0.717, 1.165) is 21.9 Å². The van der Waals surface area contributed by atoms with E-state index >= 15 is 0 Å². The zero-order chi connectivity index (χ0) is 19.5. The van der Waals surface area contributed by atoms with E-state index in [-0.39, 0.29) is 5.91 Å². The second-order valence-corrected chi connectivity index (χ2v) is 6.49. The first kappa shape index (κ1) is 17.5. The highest BCUT2D eigenvalue weighted by Gasteiger charge is 2.11. The van der Waals surface area contributed by atoms with Gasteiger partial charge in [-0.05, 0) is 47.5 Å². The number of H-pyrrole nitrogens is 1. The van der Waals surface area contributed by atoms with Crippen LogP contribution < -0.4 is 11.2 Å². The van der Waals surface area contributed by atoms with Gasteiger partial charge in [0.1, 0.15) is 5.69 Å². The van der Waals surface area contributed by atoms with Crippen LogP contribution in [-0.2, 0) is 0 Å². The molecule has 0 radical (unpaired) electrons. The summed E-state index contributed by atoms with van der Waals surface area (Å²) in [5.41, 5.74) is 12.5. The van der Waals surface area contributed by atoms with E-state index in [2.05, 4.69) is 32.9 Å². The Morgan fingerprint density at radius 3 is 2.54 bits per heavy atom. The number of carbonyl (C=O) groups is 1. The van der Waals surface area contributed by atoms with Crippen LogP contribution in [0.1, 0.15) is 23.0 Å². The van der Waals surface area contributed by atoms with Crippen molar-refractivity contribution < 1.29 is 4.79 Å². The Kier molecular flexibility index (Phi) is 4.60. The molecular formula is C22H19N5O. The van der Waals surface area contributed by atoms with Gasteiger partial charge in [-0.2, -0.15) is 10.2 Å². The van der Waals surface area contributed by atoms with Gasteiger partial charge in [0.25, 0.3) is 5.91 Å². The van der Waals surface area contributed by atoms with Crippen LogP contribution in [0.2, 0.25) is 0 Å². The van der Waals surface area contributed by atoms with Gasteiger partial charge in [0.2, 0.25) is 0 Å². The summed E-state index contributed by atoms with van der Waals surface area (Å²) in [6.07, 6.45) is 0. The van der Waals surface area contributed by atoms with Crippen molar-refractivity contribution in [3.8, 4) is 11.3 Å². The first-order valence-electron chi connectivity index (χ1n) is 8.85. The molecule has 0 bridgehead atoms. The number of rotatable bonds is 4. The SMILES string of the molecule is CC(=NNC(=O)c1cc(-c2ccc3ccccc3c2)n[nH]1)c1ccc(N)cc1. The fraction of sp³-hybridized carbons (Fsp3) is 0.0455. The molecule has 3 aromatic carbocycles. The first-order chi connectivity index (χ1) is 13.6. The standard InChI is InChI=1S/C22H19N5O/c1-14(15-8-10-19(23)11-9-15)24-27-22(28)21-13-20(25-26-21)18-7-6-16-4-2-3-5-17(16)12-18/h2-13H,23H2,1H3,(H,25,26)(H,27,28). The summed E-state index contributed by atoms with van der Waals surface area (Å²) in [5.74, 6) is -0.352. The van der Waals surface area contributed by atoms with E-state index in [1.54, 1.807) is 18.2 Å². The Hall–Kier alpha value is -3.93. The molecule has 4 aromatic rings. The Labute approximate surface area is 162 Å². The topological polar surface area (TPSA) is 96.2 Å². The molecule has 1 amide bonds. The number of nitrogens with one attached hydrogen (secondary N) is 2. The first-order valence-corrected chi connectivity index (χ1v) is 8.85. The van der Waals surface area contributed by atoms with Crippen LogP contribution in [0.5, 0.6) is 0 Å². The quantitative estimate of drug-likeness (QED) is 0.288. The molecule has 138 valence electrons. The molecule has 4 rings (SSSR count). The van der Waals surface area contributed by atoms with Gasteiger partial charge in [-0.1, -0.05) is 48.5 Å². The molecule has 6 nitrogen and oxygen atoms in total. The predicted octanol–water partition coefficient (Wildman–Crippen LogP) is 3.97. The maximum Gasteiger partial charge on any atom is 0.289 e. The average Bonchev–Trinajstić information content (AvgIpc) is 3.22. The molecule has 0 saturated heterocycles. The van der Waals surface area contributed by atoms with Crippen LogP contribution in [-0.4, -0.2) is 21.8 Å². The maximum atomic E-state index is 12.4. The van der Waals surface area contributed by atoms with E-state index in [0.29, 0.717) is 22.8 Å². The number of aromatic nitrogens is 2. The van der Waals surface area contributed by atoms with Gasteiger partial charge in [0.05, 0.1) is 11.4 Å². The zero-order valence-corrected chi connectivity index (χ0v) is 15.3. The highest BCUT2D eigenvalue weighted by molar-refractivity contribution is 6.00. The highest BCUT2D eigenvalue weighted by atomic mass is 16.2. The van der Waals surface area contributed by atoms with Crippen molar-refractivity contribution in [3.05, 3.63) is 84.1 Å². The Morgan fingerprint density at radius 2 is 1.75 bits per heavy atom. The van der Waals surface area contributed by atoms with E-state index < -0.39 is 0 Å². The minimum atomic E-state index is -0.352. The van der Waals surface area contributed by atoms with Gasteiger partial charge >= 0.3 is 0 Å². The van der Waals surface area contributed by atoms with Crippen LogP contribution in [0.4, 0.5) is 5.69 Å². The lowest BCUT2D eigenvalue weighted by Gasteiger charge is -2.02. The lowest BCUT2D eigenvalue weighted by atomic mass is 10.1. The summed E-state index contributed by atoms with van der Waals surface area (Å²) < 4.78 is 0. The number of nitrogens with zero attached hydrogens (tertiary/aromatic N) is 2. The van der Waals surface area contributed by atoms with Crippen molar-refractivity contribution in [2.24, 2.45) is 5.10 Å². The number of hydrogen-bond acceptors (Lipinski definition) is 4. The molecule has 0 aliphatic carbocycles. The molecule has 0 aliphatic heterocycles. The third-order valence-electron chi connectivity index (χ3n) is 4.52. The number of aromatic amines is 1. The summed E-state index contributed by atoms with van der Waals surface area (Å²) >= 11 is 0. The fourth-order valence-electron chi connectivity index (χ4n) is 2.92. The summed E-state index contributed by atoms with van der Waals surface area (Å²) in [6, 6.07) is 23.2. The molecule has 0 atom stereocenters. The number of carbonyl (C=O) groups excluding carboxylic acids is 1. The minimum absolute atomic E-state index is 0.344. The number of nitrogen functional groups attached to an aromatic ring is 1. The molecule has 0 saturated carbocycles. The van der Waals surface area contributed by atoms with E-state index in [1.807, 2.05) is 49.4 Å². The molecule has 0 spiro atoms. The molecule has 1 aromatic heterocycles. The van der Waals surface area contributed by atoms with E-state index in [4.69, 9.17) is 5.73 Å². The summed E-state index contributed by atoms with van der Waals surface area (Å²) in [4.78, 5) is 12.4. The van der Waals surface area contributed by atoms with Gasteiger partial charge in [-0.15, -0.1) is 0 Å². The Bertz CT molecular complexity index is 1170. The second kappa shape index (κ2) is 7.36. The monoisotopic (exact) mass is 369 g/mol. The Morgan fingerprint density at radius 1 is 1.00 bits per heavy atom. The van der Waals surface area contributed by atoms with Gasteiger partial charge in [-0.25, -0.2) is 5.43 Å². The van der Waals surface area contributed by atoms with Crippen molar-refractivity contribution in [1.82, 2.24) is 15.6 Å². The minimum Gasteiger partial charge on any atom is -0.399 e. The maximum absolute atomic E-state index is 12.4. The number of benzene rings is 3. The largest absolute Gasteiger partial charge is 0.399 e. The molecule has 4 N–H and O–H groups in total. The van der Waals surface area contributed by atoms with Gasteiger partial charge < -0.3 is 5.73 Å². The molecule has 0 unspecified atom stereocenters. The number of fused-ring (bicyclic) bond motifs is 1. The van der Waals surface area contributed by atoms with E-state index in [9.17, 15) is 4.79 Å². The second-order valence-electron chi connectivity index (χ2n) is 6.49. The number of anilines is 1. The van der Waals surface area contributed by atoms with Crippen molar-refractivity contribution in [1.29, 1.82) is 0 Å². The van der Waals surface area contributed by atoms with Crippen molar-refractivity contribution >= 4 is 28.1 Å².